The molecule has 1 aromatic rings. The molecular weight excluding hydrogens is 507 g/mol. The maximum Gasteiger partial charge on any atom is 1.00 e. The van der Waals surface area contributed by atoms with Crippen LogP contribution in [0.4, 0.5) is 0 Å². The summed E-state index contributed by atoms with van der Waals surface area (Å²) < 4.78 is 47.4. The molecule has 0 aliphatic rings. The van der Waals surface area contributed by atoms with Crippen molar-refractivity contribution in [2.45, 2.75) is 104 Å². The van der Waals surface area contributed by atoms with Crippen LogP contribution >= 0.6 is 0 Å². The molecule has 0 atom stereocenters. The Hall–Kier alpha value is -1.13. The fourth-order valence-electron chi connectivity index (χ4n) is 3.73. The van der Waals surface area contributed by atoms with Gasteiger partial charge in [-0.2, -0.15) is 0 Å². The third-order valence-electron chi connectivity index (χ3n) is 5.89. The zero-order valence-corrected chi connectivity index (χ0v) is 25.7. The zero-order chi connectivity index (χ0) is 26.7. The van der Waals surface area contributed by atoms with Crippen molar-refractivity contribution >= 4 is 22.3 Å². The van der Waals surface area contributed by atoms with Gasteiger partial charge in [-0.25, -0.2) is 8.42 Å². The molecule has 0 unspecified atom stereocenters. The summed E-state index contributed by atoms with van der Waals surface area (Å²) in [4.78, 5) is 24.3. The van der Waals surface area contributed by atoms with Crippen molar-refractivity contribution in [2.24, 2.45) is 5.92 Å². The van der Waals surface area contributed by atoms with Crippen LogP contribution in [0.5, 0.6) is 5.75 Å². The van der Waals surface area contributed by atoms with Crippen molar-refractivity contribution in [2.75, 3.05) is 13.2 Å². The van der Waals surface area contributed by atoms with E-state index < -0.39 is 10.4 Å². The van der Waals surface area contributed by atoms with E-state index in [1.807, 2.05) is 0 Å². The summed E-state index contributed by atoms with van der Waals surface area (Å²) >= 11 is 0. The van der Waals surface area contributed by atoms with Crippen LogP contribution in [-0.2, 0) is 35.9 Å². The molecule has 0 saturated carbocycles. The first kappa shape index (κ1) is 35.9. The van der Waals surface area contributed by atoms with Gasteiger partial charge in [0.05, 0.1) is 13.2 Å². The summed E-state index contributed by atoms with van der Waals surface area (Å²) in [5.41, 5.74) is 0.889. The number of carbonyl (C=O) groups excluding carboxylic acids is 2. The maximum atomic E-state index is 12.2. The zero-order valence-electron chi connectivity index (χ0n) is 22.9. The minimum atomic E-state index is -4.82. The van der Waals surface area contributed by atoms with Gasteiger partial charge in [-0.1, -0.05) is 77.3 Å². The number of ether oxygens (including phenoxy) is 2. The summed E-state index contributed by atoms with van der Waals surface area (Å²) in [7, 11) is -4.82. The summed E-state index contributed by atoms with van der Waals surface area (Å²) in [6.45, 7) is 4.64. The molecule has 0 radical (unpaired) electrons. The summed E-state index contributed by atoms with van der Waals surface area (Å²) in [6.07, 6.45) is 12.5. The number of unbranched alkanes of at least 4 members (excludes halogenated alkanes) is 8. The third kappa shape index (κ3) is 20.5. The first-order valence-corrected chi connectivity index (χ1v) is 14.6. The molecule has 10 heteroatoms. The topological polar surface area (TPSA) is 119 Å². The number of carbonyl (C=O) groups is 2. The number of aryl methyl sites for hydroxylation is 1. The minimum absolute atomic E-state index is 0. The van der Waals surface area contributed by atoms with E-state index in [4.69, 9.17) is 9.47 Å². The van der Waals surface area contributed by atoms with Crippen molar-refractivity contribution in [3.8, 4) is 5.75 Å². The third-order valence-corrected chi connectivity index (χ3v) is 6.29. The molecule has 0 aromatic heterocycles. The molecule has 0 saturated heterocycles. The quantitative estimate of drug-likeness (QED) is 0.0754. The molecular formula is C27H43NaO8S. The predicted octanol–water partition coefficient (Wildman–Crippen LogP) is 2.89. The van der Waals surface area contributed by atoms with Crippen molar-refractivity contribution in [3.05, 3.63) is 29.8 Å². The molecule has 0 bridgehead atoms. The van der Waals surface area contributed by atoms with E-state index in [1.54, 1.807) is 12.1 Å². The molecule has 0 amide bonds. The Kier molecular flexibility index (Phi) is 21.1. The van der Waals surface area contributed by atoms with E-state index in [0.717, 1.165) is 56.9 Å². The molecule has 0 heterocycles. The van der Waals surface area contributed by atoms with Crippen molar-refractivity contribution in [1.82, 2.24) is 0 Å². The molecule has 0 spiro atoms. The number of benzene rings is 1. The van der Waals surface area contributed by atoms with Gasteiger partial charge in [-0.3, -0.25) is 9.59 Å². The van der Waals surface area contributed by atoms with E-state index in [2.05, 4.69) is 18.0 Å². The van der Waals surface area contributed by atoms with Gasteiger partial charge in [0, 0.05) is 18.8 Å². The Morgan fingerprint density at radius 3 is 1.68 bits per heavy atom. The number of hydrogen-bond donors (Lipinski definition) is 0. The van der Waals surface area contributed by atoms with Crippen LogP contribution in [0.2, 0.25) is 0 Å². The van der Waals surface area contributed by atoms with Gasteiger partial charge in [0.15, 0.2) is 0 Å². The molecule has 206 valence electrons. The number of rotatable bonds is 21. The van der Waals surface area contributed by atoms with E-state index in [0.29, 0.717) is 25.7 Å². The smallest absolute Gasteiger partial charge is 0.716 e. The van der Waals surface area contributed by atoms with Crippen molar-refractivity contribution < 1.29 is 65.8 Å². The predicted molar refractivity (Wildman–Crippen MR) is 137 cm³/mol. The summed E-state index contributed by atoms with van der Waals surface area (Å²) in [5.74, 6) is -0.680. The standard InChI is InChI=1S/C27H44O8S.Na/c1-3-5-7-9-11-13-26(28)33-21-24(22-34-27(29)14-12-10-8-6-4-2)16-15-23-17-19-25(20-18-23)35-36(30,31)32;/h17-20,24H,3-16,21-22H2,1-2H3,(H,30,31,32);/q;+1/p-1. The first-order chi connectivity index (χ1) is 17.2. The molecule has 0 aliphatic heterocycles. The van der Waals surface area contributed by atoms with Crippen LogP contribution in [-0.4, -0.2) is 38.1 Å². The normalized spacial score (nSPS) is 11.1. The Labute approximate surface area is 245 Å². The second-order valence-electron chi connectivity index (χ2n) is 9.23. The van der Waals surface area contributed by atoms with E-state index in [9.17, 15) is 22.6 Å². The Balaban J connectivity index is 0.0000130. The Morgan fingerprint density at radius 1 is 0.784 bits per heavy atom. The van der Waals surface area contributed by atoms with Crippen LogP contribution in [0, 0.1) is 5.92 Å². The fraction of sp³-hybridized carbons (Fsp3) is 0.704. The second kappa shape index (κ2) is 21.8. The maximum absolute atomic E-state index is 12.2. The van der Waals surface area contributed by atoms with Gasteiger partial charge < -0.3 is 18.2 Å². The van der Waals surface area contributed by atoms with Gasteiger partial charge >= 0.3 is 41.5 Å². The van der Waals surface area contributed by atoms with Gasteiger partial charge in [0.1, 0.15) is 5.75 Å². The van der Waals surface area contributed by atoms with Crippen LogP contribution in [0.25, 0.3) is 0 Å². The van der Waals surface area contributed by atoms with E-state index in [1.165, 1.54) is 25.0 Å². The van der Waals surface area contributed by atoms with Crippen LogP contribution in [0.1, 0.15) is 103 Å². The number of hydrogen-bond acceptors (Lipinski definition) is 8. The summed E-state index contributed by atoms with van der Waals surface area (Å²) in [5, 5.41) is 0. The summed E-state index contributed by atoms with van der Waals surface area (Å²) in [6, 6.07) is 6.16. The molecule has 0 fully saturated rings. The van der Waals surface area contributed by atoms with Gasteiger partial charge in [-0.05, 0) is 43.4 Å². The van der Waals surface area contributed by atoms with Crippen LogP contribution < -0.4 is 33.7 Å². The van der Waals surface area contributed by atoms with E-state index in [-0.39, 0.29) is 66.4 Å². The molecule has 8 nitrogen and oxygen atoms in total. The SMILES string of the molecule is CCCCCCCC(=O)OCC(CCc1ccc(OS(=O)(=O)[O-])cc1)COC(=O)CCCCCCC.[Na+]. The van der Waals surface area contributed by atoms with Gasteiger partial charge in [0.2, 0.25) is 0 Å². The van der Waals surface area contributed by atoms with Gasteiger partial charge in [0.25, 0.3) is 10.4 Å². The van der Waals surface area contributed by atoms with E-state index >= 15 is 0 Å². The minimum Gasteiger partial charge on any atom is -0.716 e. The fourth-order valence-corrected chi connectivity index (χ4v) is 4.07. The molecule has 0 N–H and O–H groups in total. The van der Waals surface area contributed by atoms with Crippen molar-refractivity contribution in [1.29, 1.82) is 0 Å². The monoisotopic (exact) mass is 550 g/mol. The average Bonchev–Trinajstić information content (AvgIpc) is 2.83. The first-order valence-electron chi connectivity index (χ1n) is 13.3. The molecule has 1 rings (SSSR count). The molecule has 0 aliphatic carbocycles. The Bertz CT molecular complexity index is 812. The number of esters is 2. The van der Waals surface area contributed by atoms with Crippen LogP contribution in [0.15, 0.2) is 24.3 Å². The largest absolute Gasteiger partial charge is 1.00 e. The van der Waals surface area contributed by atoms with Gasteiger partial charge in [-0.15, -0.1) is 0 Å². The average molecular weight is 551 g/mol. The molecule has 1 aromatic carbocycles. The second-order valence-corrected chi connectivity index (χ2v) is 10.2. The Morgan fingerprint density at radius 2 is 1.24 bits per heavy atom. The van der Waals surface area contributed by atoms with Crippen LogP contribution in [0.3, 0.4) is 0 Å². The van der Waals surface area contributed by atoms with Crippen molar-refractivity contribution in [3.63, 3.8) is 0 Å². The molecule has 37 heavy (non-hydrogen) atoms.